The molecule has 0 aliphatic carbocycles. The van der Waals surface area contributed by atoms with Crippen molar-refractivity contribution in [1.29, 1.82) is 0 Å². The molecule has 7 nitrogen and oxygen atoms in total. The van der Waals surface area contributed by atoms with Crippen LogP contribution in [0.3, 0.4) is 0 Å². The van der Waals surface area contributed by atoms with E-state index in [0.29, 0.717) is 6.61 Å². The van der Waals surface area contributed by atoms with Crippen molar-refractivity contribution < 1.29 is 9.53 Å². The fourth-order valence-electron chi connectivity index (χ4n) is 1.01. The molecule has 0 aliphatic rings. The van der Waals surface area contributed by atoms with Gasteiger partial charge in [-0.05, 0) is 13.8 Å². The number of hydrogen-bond donors (Lipinski definition) is 3. The van der Waals surface area contributed by atoms with E-state index in [-0.39, 0.29) is 11.6 Å². The van der Waals surface area contributed by atoms with Gasteiger partial charge in [0.15, 0.2) is 0 Å². The molecule has 0 radical (unpaired) electrons. The van der Waals surface area contributed by atoms with Gasteiger partial charge in [0.25, 0.3) is 5.56 Å². The second-order valence-corrected chi connectivity index (χ2v) is 3.13. The van der Waals surface area contributed by atoms with Crippen LogP contribution in [0.2, 0.25) is 0 Å². The van der Waals surface area contributed by atoms with Crippen molar-refractivity contribution >= 4 is 17.6 Å². The molecule has 4 N–H and O–H groups in total. The van der Waals surface area contributed by atoms with Crippen LogP contribution in [-0.2, 0) is 9.53 Å². The van der Waals surface area contributed by atoms with Gasteiger partial charge in [-0.1, -0.05) is 0 Å². The molecule has 0 aromatic carbocycles. The van der Waals surface area contributed by atoms with E-state index in [1.54, 1.807) is 13.8 Å². The van der Waals surface area contributed by atoms with Gasteiger partial charge in [-0.15, -0.1) is 0 Å². The summed E-state index contributed by atoms with van der Waals surface area (Å²) in [4.78, 5) is 28.6. The zero-order chi connectivity index (χ0) is 12.1. The first-order valence-corrected chi connectivity index (χ1v) is 4.82. The predicted octanol–water partition coefficient (Wildman–Crippen LogP) is -0.284. The fourth-order valence-corrected chi connectivity index (χ4v) is 1.01. The quantitative estimate of drug-likeness (QED) is 0.609. The zero-order valence-corrected chi connectivity index (χ0v) is 9.11. The Morgan fingerprint density at radius 1 is 1.75 bits per heavy atom. The van der Waals surface area contributed by atoms with Gasteiger partial charge >= 0.3 is 5.97 Å². The van der Waals surface area contributed by atoms with Crippen LogP contribution in [-0.4, -0.2) is 28.6 Å². The number of nitrogens with two attached hydrogens (primary N) is 1. The maximum Gasteiger partial charge on any atom is 0.328 e. The summed E-state index contributed by atoms with van der Waals surface area (Å²) in [6.07, 6.45) is 1.22. The van der Waals surface area contributed by atoms with Crippen LogP contribution in [0.4, 0.5) is 11.6 Å². The highest BCUT2D eigenvalue weighted by Gasteiger charge is 2.14. The summed E-state index contributed by atoms with van der Waals surface area (Å²) < 4.78 is 4.78. The molecule has 1 rings (SSSR count). The fraction of sp³-hybridized carbons (Fsp3) is 0.444. The Bertz CT molecular complexity index is 429. The molecule has 88 valence electrons. The van der Waals surface area contributed by atoms with Gasteiger partial charge in [-0.25, -0.2) is 9.78 Å². The molecule has 0 aliphatic heterocycles. The van der Waals surface area contributed by atoms with Crippen LogP contribution >= 0.6 is 0 Å². The Hall–Kier alpha value is -2.05. The zero-order valence-electron chi connectivity index (χ0n) is 9.11. The maximum atomic E-state index is 11.3. The lowest BCUT2D eigenvalue weighted by Crippen LogP contribution is -2.30. The number of nitrogen functional groups attached to an aromatic ring is 1. The van der Waals surface area contributed by atoms with Crippen LogP contribution in [0.15, 0.2) is 11.0 Å². The number of anilines is 2. The molecule has 0 amide bonds. The van der Waals surface area contributed by atoms with Crippen molar-refractivity contribution in [3.63, 3.8) is 0 Å². The highest BCUT2D eigenvalue weighted by Crippen LogP contribution is 2.00. The standard InChI is InChI=1S/C9H14N4O3/c1-3-16-8(15)5(2)12-9-11-4-6(10)7(14)13-9/h4-5H,3,10H2,1-2H3,(H2,11,12,13,14). The number of H-pyrrole nitrogens is 1. The third-order valence-corrected chi connectivity index (χ3v) is 1.82. The Morgan fingerprint density at radius 2 is 2.44 bits per heavy atom. The first-order chi connectivity index (χ1) is 7.54. The SMILES string of the molecule is CCOC(=O)C(C)Nc1ncc(N)c(=O)[nH]1. The highest BCUT2D eigenvalue weighted by atomic mass is 16.5. The van der Waals surface area contributed by atoms with Gasteiger partial charge in [0.2, 0.25) is 5.95 Å². The number of aromatic amines is 1. The Labute approximate surface area is 92.0 Å². The third-order valence-electron chi connectivity index (χ3n) is 1.82. The molecule has 0 fully saturated rings. The second-order valence-electron chi connectivity index (χ2n) is 3.13. The minimum absolute atomic E-state index is 0.0225. The molecule has 7 heteroatoms. The normalized spacial score (nSPS) is 11.9. The molecule has 0 saturated carbocycles. The number of aromatic nitrogens is 2. The minimum Gasteiger partial charge on any atom is -0.464 e. The first-order valence-electron chi connectivity index (χ1n) is 4.82. The van der Waals surface area contributed by atoms with E-state index >= 15 is 0 Å². The molecule has 1 unspecified atom stereocenters. The largest absolute Gasteiger partial charge is 0.464 e. The molecular formula is C9H14N4O3. The van der Waals surface area contributed by atoms with Gasteiger partial charge in [0.1, 0.15) is 11.7 Å². The lowest BCUT2D eigenvalue weighted by atomic mass is 10.3. The predicted molar refractivity (Wildman–Crippen MR) is 59.0 cm³/mol. The summed E-state index contributed by atoms with van der Waals surface area (Å²) in [6.45, 7) is 3.62. The molecular weight excluding hydrogens is 212 g/mol. The third kappa shape index (κ3) is 2.97. The lowest BCUT2D eigenvalue weighted by Gasteiger charge is -2.12. The Balaban J connectivity index is 2.69. The number of ether oxygens (including phenoxy) is 1. The Kier molecular flexibility index (Phi) is 3.87. The van der Waals surface area contributed by atoms with E-state index in [0.717, 1.165) is 0 Å². The summed E-state index contributed by atoms with van der Waals surface area (Å²) >= 11 is 0. The summed E-state index contributed by atoms with van der Waals surface area (Å²) in [5.41, 5.74) is 4.87. The highest BCUT2D eigenvalue weighted by molar-refractivity contribution is 5.78. The van der Waals surface area contributed by atoms with Crippen molar-refractivity contribution in [1.82, 2.24) is 9.97 Å². The number of carbonyl (C=O) groups is 1. The molecule has 16 heavy (non-hydrogen) atoms. The monoisotopic (exact) mass is 226 g/mol. The van der Waals surface area contributed by atoms with Crippen LogP contribution < -0.4 is 16.6 Å². The average Bonchev–Trinajstić information content (AvgIpc) is 2.24. The summed E-state index contributed by atoms with van der Waals surface area (Å²) in [5.74, 6) is -0.235. The smallest absolute Gasteiger partial charge is 0.328 e. The number of rotatable bonds is 4. The van der Waals surface area contributed by atoms with E-state index < -0.39 is 17.6 Å². The number of carbonyl (C=O) groups excluding carboxylic acids is 1. The average molecular weight is 226 g/mol. The van der Waals surface area contributed by atoms with Crippen molar-refractivity contribution in [2.75, 3.05) is 17.7 Å². The van der Waals surface area contributed by atoms with E-state index in [2.05, 4.69) is 15.3 Å². The summed E-state index contributed by atoms with van der Waals surface area (Å²) in [5, 5.41) is 2.70. The lowest BCUT2D eigenvalue weighted by molar-refractivity contribution is -0.143. The molecule has 1 heterocycles. The number of nitrogens with zero attached hydrogens (tertiary/aromatic N) is 1. The number of esters is 1. The van der Waals surface area contributed by atoms with Crippen molar-refractivity contribution in [3.8, 4) is 0 Å². The van der Waals surface area contributed by atoms with Crippen molar-refractivity contribution in [2.24, 2.45) is 0 Å². The van der Waals surface area contributed by atoms with E-state index in [4.69, 9.17) is 10.5 Å². The minimum atomic E-state index is -0.591. The van der Waals surface area contributed by atoms with Crippen LogP contribution in [0.1, 0.15) is 13.8 Å². The van der Waals surface area contributed by atoms with E-state index in [1.807, 2.05) is 0 Å². The maximum absolute atomic E-state index is 11.3. The van der Waals surface area contributed by atoms with E-state index in [1.165, 1.54) is 6.20 Å². The Morgan fingerprint density at radius 3 is 3.00 bits per heavy atom. The molecule has 1 aromatic rings. The van der Waals surface area contributed by atoms with Gasteiger partial charge < -0.3 is 15.8 Å². The molecule has 1 atom stereocenters. The van der Waals surface area contributed by atoms with Crippen molar-refractivity contribution in [3.05, 3.63) is 16.6 Å². The van der Waals surface area contributed by atoms with Crippen LogP contribution in [0.25, 0.3) is 0 Å². The van der Waals surface area contributed by atoms with Gasteiger partial charge in [-0.3, -0.25) is 9.78 Å². The molecule has 1 aromatic heterocycles. The van der Waals surface area contributed by atoms with Crippen molar-refractivity contribution in [2.45, 2.75) is 19.9 Å². The molecule has 0 saturated heterocycles. The van der Waals surface area contributed by atoms with E-state index in [9.17, 15) is 9.59 Å². The number of hydrogen-bond acceptors (Lipinski definition) is 6. The van der Waals surface area contributed by atoms with Gasteiger partial charge in [-0.2, -0.15) is 0 Å². The first kappa shape index (κ1) is 12.0. The van der Waals surface area contributed by atoms with Crippen LogP contribution in [0, 0.1) is 0 Å². The second kappa shape index (κ2) is 5.15. The van der Waals surface area contributed by atoms with Gasteiger partial charge in [0.05, 0.1) is 12.8 Å². The van der Waals surface area contributed by atoms with Crippen LogP contribution in [0.5, 0.6) is 0 Å². The number of nitrogens with one attached hydrogen (secondary N) is 2. The topological polar surface area (TPSA) is 110 Å². The summed E-state index contributed by atoms with van der Waals surface area (Å²) in [7, 11) is 0. The summed E-state index contributed by atoms with van der Waals surface area (Å²) in [6, 6.07) is -0.591. The van der Waals surface area contributed by atoms with Gasteiger partial charge in [0, 0.05) is 0 Å². The molecule has 0 spiro atoms. The molecule has 0 bridgehead atoms.